The van der Waals surface area contributed by atoms with E-state index < -0.39 is 0 Å². The summed E-state index contributed by atoms with van der Waals surface area (Å²) in [6, 6.07) is 0.239. The molecule has 0 fully saturated rings. The summed E-state index contributed by atoms with van der Waals surface area (Å²) in [6.07, 6.45) is 3.01. The van der Waals surface area contributed by atoms with Crippen molar-refractivity contribution in [3.8, 4) is 0 Å². The normalized spacial score (nSPS) is 13.1. The minimum Gasteiger partial charge on any atom is -0.329 e. The highest BCUT2D eigenvalue weighted by Crippen LogP contribution is 2.16. The van der Waals surface area contributed by atoms with E-state index >= 15 is 0 Å². The predicted molar refractivity (Wildman–Crippen MR) is 58.1 cm³/mol. The molecular weight excluding hydrogens is 176 g/mol. The van der Waals surface area contributed by atoms with Crippen molar-refractivity contribution in [2.45, 2.75) is 26.3 Å². The Bertz CT molecular complexity index is 280. The van der Waals surface area contributed by atoms with Gasteiger partial charge in [0.15, 0.2) is 0 Å². The van der Waals surface area contributed by atoms with Gasteiger partial charge in [-0.2, -0.15) is 5.10 Å². The second kappa shape index (κ2) is 5.12. The van der Waals surface area contributed by atoms with Gasteiger partial charge in [-0.3, -0.25) is 4.68 Å². The predicted octanol–water partition coefficient (Wildman–Crippen LogP) is 0.592. The largest absolute Gasteiger partial charge is 0.329 e. The Hall–Kier alpha value is -0.870. The molecule has 0 aromatic carbocycles. The molecule has 1 aromatic rings. The molecule has 0 spiro atoms. The first-order valence-electron chi connectivity index (χ1n) is 5.18. The van der Waals surface area contributed by atoms with Crippen molar-refractivity contribution in [2.75, 3.05) is 13.1 Å². The van der Waals surface area contributed by atoms with E-state index in [1.165, 1.54) is 5.56 Å². The summed E-state index contributed by atoms with van der Waals surface area (Å²) in [7, 11) is 1.95. The van der Waals surface area contributed by atoms with Gasteiger partial charge in [-0.1, -0.05) is 13.8 Å². The number of aromatic nitrogens is 2. The Balaban J connectivity index is 2.89. The van der Waals surface area contributed by atoms with E-state index in [1.54, 1.807) is 0 Å². The van der Waals surface area contributed by atoms with Crippen LogP contribution < -0.4 is 11.1 Å². The van der Waals surface area contributed by atoms with Crippen LogP contribution in [0.3, 0.4) is 0 Å². The Kier molecular flexibility index (Phi) is 4.10. The van der Waals surface area contributed by atoms with Gasteiger partial charge in [-0.15, -0.1) is 0 Å². The van der Waals surface area contributed by atoms with E-state index in [0.29, 0.717) is 6.54 Å². The van der Waals surface area contributed by atoms with E-state index in [-0.39, 0.29) is 6.04 Å². The lowest BCUT2D eigenvalue weighted by atomic mass is 10.1. The molecule has 0 radical (unpaired) electrons. The third kappa shape index (κ3) is 2.33. The van der Waals surface area contributed by atoms with Crippen LogP contribution in [0.25, 0.3) is 0 Å². The molecule has 0 aliphatic carbocycles. The molecule has 0 saturated carbocycles. The average molecular weight is 196 g/mol. The fourth-order valence-corrected chi connectivity index (χ4v) is 1.69. The van der Waals surface area contributed by atoms with Crippen molar-refractivity contribution >= 4 is 0 Å². The number of nitrogens with two attached hydrogens (primary N) is 1. The number of hydrogen-bond acceptors (Lipinski definition) is 3. The van der Waals surface area contributed by atoms with E-state index in [1.807, 2.05) is 11.7 Å². The van der Waals surface area contributed by atoms with Crippen molar-refractivity contribution in [1.82, 2.24) is 15.1 Å². The highest BCUT2D eigenvalue weighted by Gasteiger charge is 2.14. The molecule has 0 amide bonds. The van der Waals surface area contributed by atoms with Gasteiger partial charge in [0.05, 0.1) is 5.69 Å². The lowest BCUT2D eigenvalue weighted by Crippen LogP contribution is -2.28. The topological polar surface area (TPSA) is 55.9 Å². The van der Waals surface area contributed by atoms with E-state index in [9.17, 15) is 0 Å². The molecule has 3 N–H and O–H groups in total. The lowest BCUT2D eigenvalue weighted by molar-refractivity contribution is 0.557. The second-order valence-electron chi connectivity index (χ2n) is 3.40. The smallest absolute Gasteiger partial charge is 0.0670 e. The van der Waals surface area contributed by atoms with Gasteiger partial charge >= 0.3 is 0 Å². The Morgan fingerprint density at radius 1 is 1.57 bits per heavy atom. The summed E-state index contributed by atoms with van der Waals surface area (Å²) in [5.74, 6) is 0. The van der Waals surface area contributed by atoms with E-state index in [2.05, 4.69) is 30.5 Å². The first-order valence-corrected chi connectivity index (χ1v) is 5.18. The molecule has 14 heavy (non-hydrogen) atoms. The van der Waals surface area contributed by atoms with Crippen molar-refractivity contribution in [3.63, 3.8) is 0 Å². The molecule has 1 aromatic heterocycles. The standard InChI is InChI=1S/C10H20N4/c1-4-9-8(7-14(3)13-9)10(6-11)12-5-2/h7,10,12H,4-6,11H2,1-3H3. The fraction of sp³-hybridized carbons (Fsp3) is 0.700. The third-order valence-electron chi connectivity index (χ3n) is 2.33. The number of aryl methyl sites for hydroxylation is 2. The van der Waals surface area contributed by atoms with Gasteiger partial charge < -0.3 is 11.1 Å². The molecule has 1 heterocycles. The number of hydrogen-bond donors (Lipinski definition) is 2. The molecule has 4 heteroatoms. The van der Waals surface area contributed by atoms with Crippen LogP contribution in [0.4, 0.5) is 0 Å². The number of nitrogens with one attached hydrogen (secondary N) is 1. The van der Waals surface area contributed by atoms with Crippen LogP contribution in [0, 0.1) is 0 Å². The molecule has 1 unspecified atom stereocenters. The minimum absolute atomic E-state index is 0.239. The van der Waals surface area contributed by atoms with Gasteiger partial charge in [0, 0.05) is 31.4 Å². The SMILES string of the molecule is CCNC(CN)c1cn(C)nc1CC. The average Bonchev–Trinajstić information content (AvgIpc) is 2.55. The molecule has 0 bridgehead atoms. The van der Waals surface area contributed by atoms with Crippen LogP contribution in [0.1, 0.15) is 31.1 Å². The maximum atomic E-state index is 5.72. The molecule has 1 atom stereocenters. The number of rotatable bonds is 5. The first kappa shape index (κ1) is 11.2. The fourth-order valence-electron chi connectivity index (χ4n) is 1.69. The second-order valence-corrected chi connectivity index (χ2v) is 3.40. The summed E-state index contributed by atoms with van der Waals surface area (Å²) < 4.78 is 1.86. The van der Waals surface area contributed by atoms with Crippen molar-refractivity contribution < 1.29 is 0 Å². The zero-order chi connectivity index (χ0) is 10.6. The highest BCUT2D eigenvalue weighted by atomic mass is 15.3. The van der Waals surface area contributed by atoms with E-state index in [0.717, 1.165) is 18.7 Å². The number of nitrogens with zero attached hydrogens (tertiary/aromatic N) is 2. The van der Waals surface area contributed by atoms with Gasteiger partial charge in [-0.25, -0.2) is 0 Å². The summed E-state index contributed by atoms with van der Waals surface area (Å²) in [4.78, 5) is 0. The van der Waals surface area contributed by atoms with Gasteiger partial charge in [-0.05, 0) is 13.0 Å². The quantitative estimate of drug-likeness (QED) is 0.725. The summed E-state index contributed by atoms with van der Waals surface area (Å²) in [5, 5.41) is 7.76. The summed E-state index contributed by atoms with van der Waals surface area (Å²) >= 11 is 0. The minimum atomic E-state index is 0.239. The molecular formula is C10H20N4. The maximum absolute atomic E-state index is 5.72. The molecule has 0 aliphatic heterocycles. The van der Waals surface area contributed by atoms with E-state index in [4.69, 9.17) is 5.73 Å². The monoisotopic (exact) mass is 196 g/mol. The molecule has 1 rings (SSSR count). The number of likely N-dealkylation sites (N-methyl/N-ethyl adjacent to an activating group) is 1. The summed E-state index contributed by atoms with van der Waals surface area (Å²) in [6.45, 7) is 5.75. The Morgan fingerprint density at radius 3 is 2.79 bits per heavy atom. The van der Waals surface area contributed by atoms with Crippen molar-refractivity contribution in [1.29, 1.82) is 0 Å². The molecule has 0 saturated heterocycles. The first-order chi connectivity index (χ1) is 6.72. The Labute approximate surface area is 85.5 Å². The zero-order valence-electron chi connectivity index (χ0n) is 9.25. The van der Waals surface area contributed by atoms with Gasteiger partial charge in [0.2, 0.25) is 0 Å². The Morgan fingerprint density at radius 2 is 2.29 bits per heavy atom. The maximum Gasteiger partial charge on any atom is 0.0670 e. The highest BCUT2D eigenvalue weighted by molar-refractivity contribution is 5.21. The molecule has 4 nitrogen and oxygen atoms in total. The summed E-state index contributed by atoms with van der Waals surface area (Å²) in [5.41, 5.74) is 8.10. The van der Waals surface area contributed by atoms with Crippen LogP contribution in [-0.2, 0) is 13.5 Å². The van der Waals surface area contributed by atoms with Gasteiger partial charge in [0.1, 0.15) is 0 Å². The van der Waals surface area contributed by atoms with Crippen LogP contribution in [0.15, 0.2) is 6.20 Å². The lowest BCUT2D eigenvalue weighted by Gasteiger charge is -2.14. The molecule has 0 aliphatic rings. The van der Waals surface area contributed by atoms with Crippen molar-refractivity contribution in [2.24, 2.45) is 12.8 Å². The van der Waals surface area contributed by atoms with Crippen LogP contribution in [0.5, 0.6) is 0 Å². The third-order valence-corrected chi connectivity index (χ3v) is 2.33. The van der Waals surface area contributed by atoms with Crippen molar-refractivity contribution in [3.05, 3.63) is 17.5 Å². The van der Waals surface area contributed by atoms with Crippen LogP contribution in [-0.4, -0.2) is 22.9 Å². The van der Waals surface area contributed by atoms with Crippen LogP contribution in [0.2, 0.25) is 0 Å². The zero-order valence-corrected chi connectivity index (χ0v) is 9.25. The van der Waals surface area contributed by atoms with Gasteiger partial charge in [0.25, 0.3) is 0 Å². The molecule has 80 valence electrons. The van der Waals surface area contributed by atoms with Crippen LogP contribution >= 0.6 is 0 Å².